The van der Waals surface area contributed by atoms with Crippen LogP contribution in [0.1, 0.15) is 44.7 Å². The third kappa shape index (κ3) is 6.54. The molecule has 0 aliphatic carbocycles. The maximum Gasteiger partial charge on any atom is 0.446 e. The van der Waals surface area contributed by atoms with E-state index < -0.39 is 33.9 Å². The summed E-state index contributed by atoms with van der Waals surface area (Å²) in [5, 5.41) is 0. The van der Waals surface area contributed by atoms with E-state index in [4.69, 9.17) is 0 Å². The number of hydrogen-bond donors (Lipinski definition) is 0. The van der Waals surface area contributed by atoms with E-state index in [1.165, 1.54) is 0 Å². The maximum atomic E-state index is 12.6. The first-order chi connectivity index (χ1) is 8.99. The number of rotatable bonds is 2. The van der Waals surface area contributed by atoms with Crippen molar-refractivity contribution in [2.24, 2.45) is 0 Å². The fourth-order valence-corrected chi connectivity index (χ4v) is 1.96. The second-order valence-electron chi connectivity index (χ2n) is 3.99. The Labute approximate surface area is 118 Å². The molecule has 116 valence electrons. The van der Waals surface area contributed by atoms with E-state index in [1.807, 2.05) is 13.8 Å². The normalized spacial score (nSPS) is 12.2. The van der Waals surface area contributed by atoms with Gasteiger partial charge in [0.25, 0.3) is 0 Å². The molecule has 1 aromatic carbocycles. The molecule has 0 amide bonds. The molecule has 0 unspecified atom stereocenters. The summed E-state index contributed by atoms with van der Waals surface area (Å²) in [5.41, 5.74) is -5.42. The van der Waals surface area contributed by atoms with Crippen molar-refractivity contribution in [3.8, 4) is 0 Å². The molecule has 0 N–H and O–H groups in total. The summed E-state index contributed by atoms with van der Waals surface area (Å²) < 4.78 is 74.2. The first kappa shape index (κ1) is 19.1. The van der Waals surface area contributed by atoms with Crippen LogP contribution in [0, 0.1) is 0 Å². The summed E-state index contributed by atoms with van der Waals surface area (Å²) in [5.74, 6) is -0.278. The molecule has 20 heavy (non-hydrogen) atoms. The largest absolute Gasteiger partial charge is 0.446 e. The Morgan fingerprint density at radius 1 is 0.900 bits per heavy atom. The maximum absolute atomic E-state index is 12.6. The SMILES string of the molecule is CC.CC(C)c1cc(SC(F)(F)F)cc(C(F)(F)F)c1. The Morgan fingerprint density at radius 3 is 1.75 bits per heavy atom. The number of halogens is 6. The minimum Gasteiger partial charge on any atom is -0.166 e. The molecule has 0 heterocycles. The lowest BCUT2D eigenvalue weighted by molar-refractivity contribution is -0.137. The average molecular weight is 318 g/mol. The van der Waals surface area contributed by atoms with Crippen molar-refractivity contribution in [3.63, 3.8) is 0 Å². The van der Waals surface area contributed by atoms with E-state index >= 15 is 0 Å². The van der Waals surface area contributed by atoms with Crippen molar-refractivity contribution < 1.29 is 26.3 Å². The van der Waals surface area contributed by atoms with Crippen molar-refractivity contribution in [3.05, 3.63) is 29.3 Å². The molecule has 1 rings (SSSR count). The summed E-state index contributed by atoms with van der Waals surface area (Å²) in [4.78, 5) is -0.443. The molecular formula is C13H16F6S. The van der Waals surface area contributed by atoms with Crippen LogP contribution in [0.2, 0.25) is 0 Å². The molecule has 0 spiro atoms. The summed E-state index contributed by atoms with van der Waals surface area (Å²) in [7, 11) is 0. The molecule has 0 nitrogen and oxygen atoms in total. The van der Waals surface area contributed by atoms with E-state index in [-0.39, 0.29) is 11.5 Å². The molecule has 0 radical (unpaired) electrons. The van der Waals surface area contributed by atoms with Crippen molar-refractivity contribution in [2.45, 2.75) is 50.2 Å². The van der Waals surface area contributed by atoms with Gasteiger partial charge in [-0.25, -0.2) is 0 Å². The number of alkyl halides is 6. The van der Waals surface area contributed by atoms with Gasteiger partial charge in [0.05, 0.1) is 5.56 Å². The summed E-state index contributed by atoms with van der Waals surface area (Å²) in [6.45, 7) is 7.25. The van der Waals surface area contributed by atoms with E-state index in [0.717, 1.165) is 12.1 Å². The Bertz CT molecular complexity index is 420. The molecule has 0 saturated heterocycles. The number of hydrogen-bond acceptors (Lipinski definition) is 1. The lowest BCUT2D eigenvalue weighted by atomic mass is 10.0. The van der Waals surface area contributed by atoms with Crippen LogP contribution in [0.3, 0.4) is 0 Å². The molecule has 1 aromatic rings. The second kappa shape index (κ2) is 7.24. The van der Waals surface area contributed by atoms with Crippen molar-refractivity contribution in [2.75, 3.05) is 0 Å². The van der Waals surface area contributed by atoms with Crippen molar-refractivity contribution in [1.29, 1.82) is 0 Å². The third-order valence-electron chi connectivity index (χ3n) is 2.16. The highest BCUT2D eigenvalue weighted by atomic mass is 32.2. The van der Waals surface area contributed by atoms with Gasteiger partial charge in [-0.15, -0.1) is 0 Å². The molecule has 0 atom stereocenters. The Balaban J connectivity index is 0.00000172. The first-order valence-electron chi connectivity index (χ1n) is 5.97. The highest BCUT2D eigenvalue weighted by Crippen LogP contribution is 2.40. The first-order valence-corrected chi connectivity index (χ1v) is 6.78. The van der Waals surface area contributed by atoms with Crippen LogP contribution in [-0.4, -0.2) is 5.51 Å². The molecule has 7 heteroatoms. The van der Waals surface area contributed by atoms with Gasteiger partial charge in [-0.1, -0.05) is 27.7 Å². The zero-order valence-electron chi connectivity index (χ0n) is 11.5. The minimum atomic E-state index is -4.65. The van der Waals surface area contributed by atoms with Crippen LogP contribution in [0.5, 0.6) is 0 Å². The van der Waals surface area contributed by atoms with Crippen LogP contribution in [-0.2, 0) is 6.18 Å². The molecule has 0 aliphatic rings. The molecule has 0 bridgehead atoms. The predicted octanol–water partition coefficient (Wildman–Crippen LogP) is 6.47. The highest BCUT2D eigenvalue weighted by Gasteiger charge is 2.34. The minimum absolute atomic E-state index is 0.233. The number of thioether (sulfide) groups is 1. The standard InChI is InChI=1S/C11H10F6S.C2H6/c1-6(2)7-3-8(10(12,13)14)5-9(4-7)18-11(15,16)17;1-2/h3-6H,1-2H3;1-2H3. The molecule has 0 aliphatic heterocycles. The monoisotopic (exact) mass is 318 g/mol. The molecular weight excluding hydrogens is 302 g/mol. The smallest absolute Gasteiger partial charge is 0.166 e. The van der Waals surface area contributed by atoms with Crippen molar-refractivity contribution >= 4 is 11.8 Å². The van der Waals surface area contributed by atoms with Crippen LogP contribution in [0.25, 0.3) is 0 Å². The predicted molar refractivity (Wildman–Crippen MR) is 68.8 cm³/mol. The van der Waals surface area contributed by atoms with Crippen LogP contribution in [0.15, 0.2) is 23.1 Å². The van der Waals surface area contributed by atoms with Gasteiger partial charge in [0.1, 0.15) is 0 Å². The fraction of sp³-hybridized carbons (Fsp3) is 0.538. The lowest BCUT2D eigenvalue weighted by Gasteiger charge is -2.14. The van der Waals surface area contributed by atoms with Crippen LogP contribution < -0.4 is 0 Å². The fourth-order valence-electron chi connectivity index (χ4n) is 1.31. The quantitative estimate of drug-likeness (QED) is 0.445. The Kier molecular flexibility index (Phi) is 6.93. The third-order valence-corrected chi connectivity index (χ3v) is 2.86. The number of benzene rings is 1. The summed E-state index contributed by atoms with van der Waals surface area (Å²) >= 11 is -0.537. The zero-order chi connectivity index (χ0) is 16.1. The Hall–Kier alpha value is -0.850. The van der Waals surface area contributed by atoms with Gasteiger partial charge < -0.3 is 0 Å². The Morgan fingerprint density at radius 2 is 1.40 bits per heavy atom. The van der Waals surface area contributed by atoms with Crippen LogP contribution >= 0.6 is 11.8 Å². The summed E-state index contributed by atoms with van der Waals surface area (Å²) in [6, 6.07) is 2.53. The zero-order valence-corrected chi connectivity index (χ0v) is 12.3. The van der Waals surface area contributed by atoms with E-state index in [0.29, 0.717) is 6.07 Å². The van der Waals surface area contributed by atoms with Gasteiger partial charge in [0, 0.05) is 4.90 Å². The van der Waals surface area contributed by atoms with Crippen LogP contribution in [0.4, 0.5) is 26.3 Å². The van der Waals surface area contributed by atoms with Gasteiger partial charge in [-0.05, 0) is 41.4 Å². The van der Waals surface area contributed by atoms with Gasteiger partial charge in [-0.3, -0.25) is 0 Å². The van der Waals surface area contributed by atoms with Crippen molar-refractivity contribution in [1.82, 2.24) is 0 Å². The highest BCUT2D eigenvalue weighted by molar-refractivity contribution is 8.00. The van der Waals surface area contributed by atoms with Gasteiger partial charge in [0.2, 0.25) is 0 Å². The van der Waals surface area contributed by atoms with Gasteiger partial charge in [-0.2, -0.15) is 26.3 Å². The van der Waals surface area contributed by atoms with E-state index in [1.54, 1.807) is 13.8 Å². The topological polar surface area (TPSA) is 0 Å². The molecule has 0 aromatic heterocycles. The lowest BCUT2D eigenvalue weighted by Crippen LogP contribution is -2.07. The van der Waals surface area contributed by atoms with Gasteiger partial charge >= 0.3 is 11.7 Å². The molecule has 0 saturated carbocycles. The second-order valence-corrected chi connectivity index (χ2v) is 5.13. The van der Waals surface area contributed by atoms with Gasteiger partial charge in [0.15, 0.2) is 0 Å². The van der Waals surface area contributed by atoms with E-state index in [9.17, 15) is 26.3 Å². The average Bonchev–Trinajstić information content (AvgIpc) is 2.27. The van der Waals surface area contributed by atoms with E-state index in [2.05, 4.69) is 0 Å². The molecule has 0 fully saturated rings. The summed E-state index contributed by atoms with van der Waals surface area (Å²) in [6.07, 6.45) is -4.65.